The Kier molecular flexibility index (Phi) is 1.04. The summed E-state index contributed by atoms with van der Waals surface area (Å²) in [5.41, 5.74) is 0. The van der Waals surface area contributed by atoms with Crippen molar-refractivity contribution in [2.45, 2.75) is 24.6 Å². The first-order valence-corrected chi connectivity index (χ1v) is 2.92. The number of aliphatic hydroxyl groups is 2. The van der Waals surface area contributed by atoms with Gasteiger partial charge in [-0.2, -0.15) is 0 Å². The van der Waals surface area contributed by atoms with E-state index in [0.29, 0.717) is 0 Å². The molecule has 4 heteroatoms. The summed E-state index contributed by atoms with van der Waals surface area (Å²) in [6.45, 7) is 0.183. The van der Waals surface area contributed by atoms with Gasteiger partial charge in [0.2, 0.25) is 0 Å². The molecule has 0 aliphatic carbocycles. The molecular formula is C5H8O4. The Bertz CT molecular complexity index is 112. The summed E-state index contributed by atoms with van der Waals surface area (Å²) in [4.78, 5) is 0. The van der Waals surface area contributed by atoms with Crippen LogP contribution in [-0.2, 0) is 9.47 Å². The van der Waals surface area contributed by atoms with E-state index in [4.69, 9.17) is 19.7 Å². The van der Waals surface area contributed by atoms with E-state index in [9.17, 15) is 0 Å². The first-order valence-electron chi connectivity index (χ1n) is 2.92. The number of ether oxygens (including phenoxy) is 2. The Labute approximate surface area is 52.0 Å². The molecule has 9 heavy (non-hydrogen) atoms. The summed E-state index contributed by atoms with van der Waals surface area (Å²) in [6, 6.07) is 0. The molecule has 1 unspecified atom stereocenters. The predicted molar refractivity (Wildman–Crippen MR) is 26.6 cm³/mol. The van der Waals surface area contributed by atoms with E-state index in [0.717, 1.165) is 0 Å². The minimum Gasteiger partial charge on any atom is -0.388 e. The smallest absolute Gasteiger partial charge is 0.183 e. The molecule has 0 aromatic heterocycles. The van der Waals surface area contributed by atoms with Crippen molar-refractivity contribution in [2.75, 3.05) is 6.61 Å². The van der Waals surface area contributed by atoms with Gasteiger partial charge in [0.15, 0.2) is 6.29 Å². The van der Waals surface area contributed by atoms with Gasteiger partial charge >= 0.3 is 0 Å². The number of rotatable bonds is 0. The lowest BCUT2D eigenvalue weighted by atomic mass is 10.1. The molecule has 2 heterocycles. The van der Waals surface area contributed by atoms with Crippen LogP contribution in [0, 0.1) is 0 Å². The minimum atomic E-state index is -0.821. The molecule has 0 aromatic rings. The van der Waals surface area contributed by atoms with Crippen molar-refractivity contribution in [2.24, 2.45) is 0 Å². The summed E-state index contributed by atoms with van der Waals surface area (Å²) in [5, 5.41) is 17.9. The first kappa shape index (κ1) is 5.61. The van der Waals surface area contributed by atoms with E-state index in [1.54, 1.807) is 0 Å². The topological polar surface area (TPSA) is 62.2 Å². The fraction of sp³-hybridized carbons (Fsp3) is 1.00. The third-order valence-electron chi connectivity index (χ3n) is 1.66. The van der Waals surface area contributed by atoms with Gasteiger partial charge in [0.25, 0.3) is 0 Å². The van der Waals surface area contributed by atoms with Crippen LogP contribution in [0.15, 0.2) is 0 Å². The highest BCUT2D eigenvalue weighted by Crippen LogP contribution is 2.32. The normalized spacial score (nSPS) is 56.7. The summed E-state index contributed by atoms with van der Waals surface area (Å²) < 4.78 is 9.60. The average Bonchev–Trinajstić information content (AvgIpc) is 2.57. The zero-order valence-corrected chi connectivity index (χ0v) is 4.73. The molecule has 2 aliphatic rings. The summed E-state index contributed by atoms with van der Waals surface area (Å²) >= 11 is 0. The molecule has 4 nitrogen and oxygen atoms in total. The van der Waals surface area contributed by atoms with Crippen molar-refractivity contribution in [1.29, 1.82) is 0 Å². The van der Waals surface area contributed by atoms with Crippen LogP contribution in [-0.4, -0.2) is 41.4 Å². The van der Waals surface area contributed by atoms with Crippen molar-refractivity contribution in [3.8, 4) is 0 Å². The van der Waals surface area contributed by atoms with Crippen molar-refractivity contribution in [1.82, 2.24) is 0 Å². The quantitative estimate of drug-likeness (QED) is 0.392. The summed E-state index contributed by atoms with van der Waals surface area (Å²) in [6.07, 6.45) is -1.81. The van der Waals surface area contributed by atoms with Crippen LogP contribution in [0.4, 0.5) is 0 Å². The lowest BCUT2D eigenvalue weighted by molar-refractivity contribution is -0.142. The number of hydrogen-bond acceptors (Lipinski definition) is 4. The molecule has 0 radical (unpaired) electrons. The van der Waals surface area contributed by atoms with E-state index in [1.807, 2.05) is 0 Å². The van der Waals surface area contributed by atoms with E-state index in [1.165, 1.54) is 0 Å². The van der Waals surface area contributed by atoms with E-state index in [2.05, 4.69) is 0 Å². The Morgan fingerprint density at radius 2 is 2.00 bits per heavy atom. The monoisotopic (exact) mass is 132 g/mol. The first-order chi connectivity index (χ1) is 4.29. The largest absolute Gasteiger partial charge is 0.388 e. The molecule has 0 bridgehead atoms. The number of hydrogen-bond donors (Lipinski definition) is 2. The highest BCUT2D eigenvalue weighted by molar-refractivity contribution is 4.95. The van der Waals surface area contributed by atoms with Crippen LogP contribution in [0.2, 0.25) is 0 Å². The molecule has 52 valence electrons. The number of epoxide rings is 1. The minimum absolute atomic E-state index is 0.172. The SMILES string of the molecule is OC1OC[C@@H](O)[C@H]2O[C@@H]12. The molecule has 2 fully saturated rings. The van der Waals surface area contributed by atoms with Gasteiger partial charge in [-0.25, -0.2) is 0 Å². The standard InChI is InChI=1S/C5H8O4/c6-2-1-8-5(7)4-3(2)9-4/h2-7H,1H2/t2-,3-,4-,5?/m1/s1. The maximum Gasteiger partial charge on any atom is 0.183 e. The highest BCUT2D eigenvalue weighted by Gasteiger charge is 2.53. The van der Waals surface area contributed by atoms with Crippen LogP contribution < -0.4 is 0 Å². The van der Waals surface area contributed by atoms with Gasteiger partial charge < -0.3 is 19.7 Å². The lowest BCUT2D eigenvalue weighted by Gasteiger charge is -2.17. The predicted octanol–water partition coefficient (Wildman–Crippen LogP) is -1.54. The maximum atomic E-state index is 8.98. The second kappa shape index (κ2) is 1.67. The van der Waals surface area contributed by atoms with E-state index >= 15 is 0 Å². The second-order valence-corrected chi connectivity index (χ2v) is 2.36. The van der Waals surface area contributed by atoms with Gasteiger partial charge in [0.05, 0.1) is 6.61 Å². The Hall–Kier alpha value is -0.160. The molecule has 2 N–H and O–H groups in total. The number of fused-ring (bicyclic) bond motifs is 1. The summed E-state index contributed by atoms with van der Waals surface area (Å²) in [7, 11) is 0. The van der Waals surface area contributed by atoms with Gasteiger partial charge in [-0.05, 0) is 0 Å². The molecule has 0 amide bonds. The van der Waals surface area contributed by atoms with Crippen molar-refractivity contribution < 1.29 is 19.7 Å². The zero-order chi connectivity index (χ0) is 6.43. The maximum absolute atomic E-state index is 8.98. The third-order valence-corrected chi connectivity index (χ3v) is 1.66. The Morgan fingerprint density at radius 1 is 1.22 bits per heavy atom. The lowest BCUT2D eigenvalue weighted by Crippen LogP contribution is -2.36. The Morgan fingerprint density at radius 3 is 2.67 bits per heavy atom. The number of aliphatic hydroxyl groups excluding tert-OH is 2. The molecule has 0 saturated carbocycles. The van der Waals surface area contributed by atoms with Crippen LogP contribution in [0.5, 0.6) is 0 Å². The molecule has 4 atom stereocenters. The van der Waals surface area contributed by atoms with Crippen LogP contribution >= 0.6 is 0 Å². The molecule has 0 spiro atoms. The molecular weight excluding hydrogens is 124 g/mol. The molecule has 2 saturated heterocycles. The summed E-state index contributed by atoms with van der Waals surface area (Å²) in [5.74, 6) is 0. The Balaban J connectivity index is 2.01. The van der Waals surface area contributed by atoms with Gasteiger partial charge in [-0.15, -0.1) is 0 Å². The highest BCUT2D eigenvalue weighted by atomic mass is 16.7. The third kappa shape index (κ3) is 0.753. The van der Waals surface area contributed by atoms with Crippen molar-refractivity contribution in [3.63, 3.8) is 0 Å². The average molecular weight is 132 g/mol. The van der Waals surface area contributed by atoms with E-state index < -0.39 is 12.4 Å². The molecule has 2 aliphatic heterocycles. The zero-order valence-electron chi connectivity index (χ0n) is 4.73. The van der Waals surface area contributed by atoms with Crippen molar-refractivity contribution in [3.05, 3.63) is 0 Å². The van der Waals surface area contributed by atoms with E-state index in [-0.39, 0.29) is 18.8 Å². The van der Waals surface area contributed by atoms with Gasteiger partial charge in [-0.1, -0.05) is 0 Å². The van der Waals surface area contributed by atoms with Gasteiger partial charge in [0, 0.05) is 0 Å². The van der Waals surface area contributed by atoms with Crippen molar-refractivity contribution >= 4 is 0 Å². The fourth-order valence-electron chi connectivity index (χ4n) is 1.06. The molecule has 0 aromatic carbocycles. The fourth-order valence-corrected chi connectivity index (χ4v) is 1.06. The van der Waals surface area contributed by atoms with Gasteiger partial charge in [-0.3, -0.25) is 0 Å². The van der Waals surface area contributed by atoms with Crippen LogP contribution in [0.1, 0.15) is 0 Å². The van der Waals surface area contributed by atoms with Crippen LogP contribution in [0.3, 0.4) is 0 Å². The van der Waals surface area contributed by atoms with Crippen LogP contribution in [0.25, 0.3) is 0 Å². The van der Waals surface area contributed by atoms with Gasteiger partial charge in [0.1, 0.15) is 18.3 Å². The molecule has 2 rings (SSSR count). The second-order valence-electron chi connectivity index (χ2n) is 2.36.